The highest BCUT2D eigenvalue weighted by Gasteiger charge is 2.26. The third kappa shape index (κ3) is 15.4. The minimum Gasteiger partial charge on any atom is -0.503 e. The Bertz CT molecular complexity index is 2980. The largest absolute Gasteiger partial charge is 0.503 e. The minimum atomic E-state index is -1.08. The Labute approximate surface area is 429 Å². The van der Waals surface area contributed by atoms with Crippen molar-refractivity contribution < 1.29 is 66.3 Å². The number of carbonyl (C=O) groups is 3. The number of nitriles is 1. The van der Waals surface area contributed by atoms with Crippen LogP contribution in [0.1, 0.15) is 61.0 Å². The van der Waals surface area contributed by atoms with Gasteiger partial charge in [-0.05, 0) is 19.3 Å². The molecule has 0 saturated carbocycles. The van der Waals surface area contributed by atoms with Crippen molar-refractivity contribution in [1.29, 1.82) is 5.26 Å². The van der Waals surface area contributed by atoms with Crippen LogP contribution in [0, 0.1) is 46.2 Å². The Balaban J connectivity index is 0.000000258. The molecule has 8 rings (SSSR count). The maximum atomic E-state index is 13.9. The van der Waals surface area contributed by atoms with E-state index in [1.807, 2.05) is 0 Å². The number of alkyl halides is 1. The van der Waals surface area contributed by atoms with E-state index in [2.05, 4.69) is 55.1 Å². The number of aliphatic carboxylic acids is 2. The second kappa shape index (κ2) is 27.1. The zero-order chi connectivity index (χ0) is 50.0. The lowest BCUT2D eigenvalue weighted by molar-refractivity contribution is -0.138. The summed E-state index contributed by atoms with van der Waals surface area (Å²) in [6, 6.07) is 4.46. The van der Waals surface area contributed by atoms with Crippen molar-refractivity contribution >= 4 is 153 Å². The summed E-state index contributed by atoms with van der Waals surface area (Å²) in [5.41, 5.74) is 0.323. The van der Waals surface area contributed by atoms with Gasteiger partial charge in [0.1, 0.15) is 26.2 Å². The van der Waals surface area contributed by atoms with Gasteiger partial charge in [-0.3, -0.25) is 24.4 Å². The summed E-state index contributed by atoms with van der Waals surface area (Å²) in [5.74, 6) is -9.28. The molecule has 3 aromatic carbocycles. The van der Waals surface area contributed by atoms with Gasteiger partial charge in [-0.1, -0.05) is 20.2 Å². The van der Waals surface area contributed by atoms with Crippen molar-refractivity contribution in [1.82, 2.24) is 25.8 Å². The molecule has 30 heteroatoms. The van der Waals surface area contributed by atoms with Crippen molar-refractivity contribution in [3.05, 3.63) is 68.1 Å². The zero-order valence-electron chi connectivity index (χ0n) is 34.8. The molecular weight excluding hydrogens is 1090 g/mol. The van der Waals surface area contributed by atoms with E-state index in [-0.39, 0.29) is 85.4 Å². The average molecular weight is 1130 g/mol. The molecule has 0 aliphatic carbocycles. The number of hydrogen-bond donors (Lipinski definition) is 9. The number of halogens is 7. The van der Waals surface area contributed by atoms with Gasteiger partial charge in [-0.2, -0.15) is 17.9 Å². The van der Waals surface area contributed by atoms with E-state index in [0.717, 1.165) is 52.2 Å². The fourth-order valence-electron chi connectivity index (χ4n) is 5.57. The third-order valence-corrected chi connectivity index (χ3v) is 15.8. The molecule has 1 amide bonds. The molecule has 9 N–H and O–H groups in total. The van der Waals surface area contributed by atoms with Crippen molar-refractivity contribution in [3.8, 4) is 23.3 Å². The number of carboxylic acids is 2. The SMILES string of the molecule is C.N.N#Cc1nc2cc(F)c(O)c(F)c2s1.O=C(CCC1CSC(c2nc3cc(F)c(O)c(F)c3s2)=N1)NS.O=C(O)CCC(Cl)CS.O=C(O)CCC1CSC(c2nc3cc(F)c(O)c(F)c3s2)=N1. The second-order valence-corrected chi connectivity index (χ2v) is 20.0. The lowest BCUT2D eigenvalue weighted by Crippen LogP contribution is -2.15. The number of carbonyl (C=O) groups excluding carboxylic acids is 1. The fourth-order valence-corrected chi connectivity index (χ4v) is 11.1. The van der Waals surface area contributed by atoms with E-state index in [0.29, 0.717) is 63.0 Å². The van der Waals surface area contributed by atoms with Gasteiger partial charge in [0, 0.05) is 60.1 Å². The van der Waals surface area contributed by atoms with Crippen LogP contribution in [0.4, 0.5) is 26.3 Å². The summed E-state index contributed by atoms with van der Waals surface area (Å²) in [5, 5.41) is 54.9. The van der Waals surface area contributed by atoms with Gasteiger partial charge in [-0.25, -0.2) is 41.3 Å². The van der Waals surface area contributed by atoms with Crippen LogP contribution in [-0.2, 0) is 14.4 Å². The third-order valence-electron chi connectivity index (χ3n) is 8.93. The average Bonchev–Trinajstić information content (AvgIpc) is 4.18. The monoisotopic (exact) mass is 1130 g/mol. The number of aromatic nitrogens is 3. The number of carboxylic acid groups (broad SMARTS) is 2. The van der Waals surface area contributed by atoms with Crippen LogP contribution in [0.3, 0.4) is 0 Å². The molecule has 3 atom stereocenters. The molecule has 3 unspecified atom stereocenters. The summed E-state index contributed by atoms with van der Waals surface area (Å²) < 4.78 is 82.8. The Kier molecular flexibility index (Phi) is 23.1. The molecule has 6 aromatic rings. The Hall–Kier alpha value is -4.80. The topological polar surface area (TPSA) is 287 Å². The van der Waals surface area contributed by atoms with Gasteiger partial charge in [-0.15, -0.1) is 69.1 Å². The normalized spacial score (nSPS) is 15.1. The fraction of sp³-hybridized carbons (Fsp3) is 0.325. The number of nitrogens with one attached hydrogen (secondary N) is 1. The Morgan fingerprint density at radius 1 is 0.729 bits per heavy atom. The number of aromatic hydroxyl groups is 3. The zero-order valence-corrected chi connectivity index (χ0v) is 41.4. The van der Waals surface area contributed by atoms with Gasteiger partial charge in [0.25, 0.3) is 0 Å². The van der Waals surface area contributed by atoms with Gasteiger partial charge in [0.05, 0.1) is 42.7 Å². The maximum absolute atomic E-state index is 13.9. The highest BCUT2D eigenvalue weighted by molar-refractivity contribution is 8.15. The van der Waals surface area contributed by atoms with Crippen LogP contribution in [0.15, 0.2) is 28.2 Å². The molecular formula is C40H39ClF6N8O8S7. The highest BCUT2D eigenvalue weighted by atomic mass is 35.5. The molecule has 2 aliphatic heterocycles. The first-order valence-electron chi connectivity index (χ1n) is 19.1. The summed E-state index contributed by atoms with van der Waals surface area (Å²) in [7, 11) is 0. The quantitative estimate of drug-likeness (QED) is 0.0313. The first kappa shape index (κ1) is 59.5. The number of thiol groups is 2. The number of thiazole rings is 3. The van der Waals surface area contributed by atoms with Gasteiger partial charge in [0.2, 0.25) is 5.91 Å². The van der Waals surface area contributed by atoms with Crippen LogP contribution < -0.4 is 10.9 Å². The number of amides is 1. The predicted octanol–water partition coefficient (Wildman–Crippen LogP) is 10.2. The van der Waals surface area contributed by atoms with E-state index in [1.54, 1.807) is 6.07 Å². The van der Waals surface area contributed by atoms with Crippen molar-refractivity contribution in [2.24, 2.45) is 9.98 Å². The summed E-state index contributed by atoms with van der Waals surface area (Å²) >= 11 is 18.8. The molecule has 0 fully saturated rings. The van der Waals surface area contributed by atoms with Gasteiger partial charge < -0.3 is 36.4 Å². The minimum absolute atomic E-state index is 0. The number of nitrogens with zero attached hydrogens (tertiary/aromatic N) is 6. The van der Waals surface area contributed by atoms with E-state index in [9.17, 15) is 50.9 Å². The number of rotatable bonds is 12. The van der Waals surface area contributed by atoms with E-state index < -0.39 is 64.1 Å². The number of hydrogen-bond acceptors (Lipinski definition) is 20. The molecule has 16 nitrogen and oxygen atoms in total. The number of fused-ring (bicyclic) bond motifs is 3. The molecule has 378 valence electrons. The first-order valence-corrected chi connectivity index (χ1v) is 25.0. The van der Waals surface area contributed by atoms with Crippen LogP contribution in [-0.4, -0.2) is 103 Å². The molecule has 0 radical (unpaired) electrons. The van der Waals surface area contributed by atoms with Crippen LogP contribution in [0.2, 0.25) is 0 Å². The van der Waals surface area contributed by atoms with E-state index in [4.69, 9.17) is 32.2 Å². The van der Waals surface area contributed by atoms with E-state index >= 15 is 0 Å². The van der Waals surface area contributed by atoms with E-state index in [1.165, 1.54) is 23.5 Å². The number of thioether (sulfide) groups is 2. The molecule has 0 spiro atoms. The van der Waals surface area contributed by atoms with Crippen molar-refractivity contribution in [2.75, 3.05) is 17.3 Å². The lowest BCUT2D eigenvalue weighted by atomic mass is 10.2. The summed E-state index contributed by atoms with van der Waals surface area (Å²) in [6.45, 7) is 0. The van der Waals surface area contributed by atoms with Crippen LogP contribution in [0.5, 0.6) is 17.2 Å². The Morgan fingerprint density at radius 3 is 1.51 bits per heavy atom. The molecule has 2 aliphatic rings. The number of phenols is 3. The van der Waals surface area contributed by atoms with Gasteiger partial charge >= 0.3 is 11.9 Å². The molecule has 0 saturated heterocycles. The smallest absolute Gasteiger partial charge is 0.303 e. The first-order chi connectivity index (χ1) is 32.2. The number of phenolic OH excluding ortho intramolecular Hbond substituents is 3. The van der Waals surface area contributed by atoms with Crippen LogP contribution in [0.25, 0.3) is 30.6 Å². The summed E-state index contributed by atoms with van der Waals surface area (Å²) in [4.78, 5) is 52.5. The van der Waals surface area contributed by atoms with Crippen molar-refractivity contribution in [3.63, 3.8) is 0 Å². The van der Waals surface area contributed by atoms with Crippen molar-refractivity contribution in [2.45, 2.75) is 63.4 Å². The molecule has 70 heavy (non-hydrogen) atoms. The predicted molar refractivity (Wildman–Crippen MR) is 269 cm³/mol. The number of aliphatic imine (C=N–C) groups is 2. The highest BCUT2D eigenvalue weighted by Crippen LogP contribution is 2.38. The summed E-state index contributed by atoms with van der Waals surface area (Å²) in [6.07, 6.45) is 2.00. The standard InChI is InChI=1S/C13H11F2N3O2S3.C13H10F2N2O3S2.C8H2F2N2OS.C5H9ClO2S.CH4.H3N/c14-6-3-7-11(9(15)10(6)20)23-13(17-7)12-16-5(4-22-12)1-2-8(19)18-21;14-6-3-7-11(9(15)10(6)20)22-13(17-7)12-16-5(4-21-12)1-2-8(18)19;9-3-1-4-8(6(10)7(3)13)14-5(2-11)12-4;6-4(3-9)1-2-5(7)8;;/h3,5,20-21H,1-2,4H2,(H,18,19);3,5,20H,1-2,4H2,(H,18,19);1,13H;4,9H,1-3H2,(H,7,8);1H4;1H3. The van der Waals surface area contributed by atoms with Gasteiger partial charge in [0.15, 0.2) is 57.2 Å². The number of benzene rings is 3. The molecule has 0 bridgehead atoms. The molecule has 5 heterocycles. The second-order valence-electron chi connectivity index (χ2n) is 13.8. The molecule has 3 aromatic heterocycles. The van der Waals surface area contributed by atoms with Crippen LogP contribution >= 0.6 is 94.6 Å². The maximum Gasteiger partial charge on any atom is 0.303 e. The Morgan fingerprint density at radius 2 is 1.13 bits per heavy atom. The lowest BCUT2D eigenvalue weighted by Gasteiger charge is -2.03.